The van der Waals surface area contributed by atoms with Crippen LogP contribution in [-0.2, 0) is 4.79 Å². The number of nitrogens with zero attached hydrogens (tertiary/aromatic N) is 2. The molecule has 0 aromatic heterocycles. The Morgan fingerprint density at radius 1 is 1.11 bits per heavy atom. The number of hydrogen-bond acceptors (Lipinski definition) is 2. The number of hydrogen-bond donors (Lipinski definition) is 0. The molecule has 0 N–H and O–H groups in total. The molecule has 2 aliphatic carbocycles. The molecule has 108 valence electrons. The molecule has 0 aromatic rings. The lowest BCUT2D eigenvalue weighted by atomic mass is 9.97. The van der Waals surface area contributed by atoms with Crippen molar-refractivity contribution in [2.75, 3.05) is 33.7 Å². The van der Waals surface area contributed by atoms with Crippen LogP contribution >= 0.6 is 0 Å². The van der Waals surface area contributed by atoms with Gasteiger partial charge in [0.25, 0.3) is 0 Å². The number of amides is 1. The fraction of sp³-hybridized carbons (Fsp3) is 0.938. The molecule has 3 nitrogen and oxygen atoms in total. The Morgan fingerprint density at radius 2 is 1.79 bits per heavy atom. The zero-order valence-electron chi connectivity index (χ0n) is 12.5. The summed E-state index contributed by atoms with van der Waals surface area (Å²) < 4.78 is 0. The molecule has 19 heavy (non-hydrogen) atoms. The van der Waals surface area contributed by atoms with Crippen molar-refractivity contribution in [1.29, 1.82) is 0 Å². The molecule has 4 atom stereocenters. The van der Waals surface area contributed by atoms with Crippen molar-refractivity contribution in [2.45, 2.75) is 38.5 Å². The van der Waals surface area contributed by atoms with E-state index in [1.165, 1.54) is 38.5 Å². The molecule has 3 rings (SSSR count). The SMILES string of the molecule is CN(C)C[C@H]1CCCN(C(=O)C2[C@H]3CCCC[C@@H]23)C1. The summed E-state index contributed by atoms with van der Waals surface area (Å²) in [5.74, 6) is 3.13. The average molecular weight is 264 g/mol. The Bertz CT molecular complexity index is 330. The second kappa shape index (κ2) is 5.43. The number of carbonyl (C=O) groups is 1. The summed E-state index contributed by atoms with van der Waals surface area (Å²) in [6.07, 6.45) is 7.83. The molecule has 3 aliphatic rings. The normalized spacial score (nSPS) is 38.2. The lowest BCUT2D eigenvalue weighted by Crippen LogP contribution is -2.43. The predicted octanol–water partition coefficient (Wildman–Crippen LogP) is 2.22. The van der Waals surface area contributed by atoms with E-state index in [4.69, 9.17) is 0 Å². The minimum atomic E-state index is 0.417. The van der Waals surface area contributed by atoms with Crippen LogP contribution in [0.3, 0.4) is 0 Å². The van der Waals surface area contributed by atoms with Crippen LogP contribution in [0.2, 0.25) is 0 Å². The number of piperidine rings is 1. The van der Waals surface area contributed by atoms with Gasteiger partial charge >= 0.3 is 0 Å². The molecule has 3 fully saturated rings. The van der Waals surface area contributed by atoms with Crippen LogP contribution in [0, 0.1) is 23.7 Å². The summed E-state index contributed by atoms with van der Waals surface area (Å²) in [6, 6.07) is 0. The highest BCUT2D eigenvalue weighted by Gasteiger charge is 2.55. The largest absolute Gasteiger partial charge is 0.342 e. The van der Waals surface area contributed by atoms with Gasteiger partial charge in [-0.25, -0.2) is 0 Å². The Kier molecular flexibility index (Phi) is 3.84. The Labute approximate surface area is 117 Å². The standard InChI is InChI=1S/C16H28N2O/c1-17(2)10-12-6-5-9-18(11-12)16(19)15-13-7-3-4-8-14(13)15/h12-15H,3-11H2,1-2H3/t12-,13-,14+,15?/m1/s1. The summed E-state index contributed by atoms with van der Waals surface area (Å²) in [5.41, 5.74) is 0. The summed E-state index contributed by atoms with van der Waals surface area (Å²) in [5, 5.41) is 0. The van der Waals surface area contributed by atoms with Crippen molar-refractivity contribution in [3.05, 3.63) is 0 Å². The highest BCUT2D eigenvalue weighted by atomic mass is 16.2. The molecule has 1 unspecified atom stereocenters. The molecule has 0 spiro atoms. The third-order valence-corrected chi connectivity index (χ3v) is 5.40. The number of likely N-dealkylation sites (tertiary alicyclic amines) is 1. The van der Waals surface area contributed by atoms with Gasteiger partial charge in [-0.1, -0.05) is 12.8 Å². The van der Waals surface area contributed by atoms with Crippen LogP contribution in [0.5, 0.6) is 0 Å². The monoisotopic (exact) mass is 264 g/mol. The zero-order valence-corrected chi connectivity index (χ0v) is 12.5. The topological polar surface area (TPSA) is 23.6 Å². The van der Waals surface area contributed by atoms with Crippen LogP contribution in [-0.4, -0.2) is 49.4 Å². The van der Waals surface area contributed by atoms with Crippen molar-refractivity contribution in [3.63, 3.8) is 0 Å². The molecule has 0 radical (unpaired) electrons. The van der Waals surface area contributed by atoms with E-state index in [0.29, 0.717) is 17.7 Å². The lowest BCUT2D eigenvalue weighted by molar-refractivity contribution is -0.135. The van der Waals surface area contributed by atoms with Gasteiger partial charge in [0.1, 0.15) is 0 Å². The summed E-state index contributed by atoms with van der Waals surface area (Å²) in [6.45, 7) is 3.15. The zero-order chi connectivity index (χ0) is 13.4. The molecule has 0 aromatic carbocycles. The second-order valence-corrected chi connectivity index (χ2v) is 7.19. The van der Waals surface area contributed by atoms with Gasteiger partial charge in [-0.3, -0.25) is 4.79 Å². The predicted molar refractivity (Wildman–Crippen MR) is 76.8 cm³/mol. The summed E-state index contributed by atoms with van der Waals surface area (Å²) in [4.78, 5) is 17.1. The summed E-state index contributed by atoms with van der Waals surface area (Å²) >= 11 is 0. The van der Waals surface area contributed by atoms with Crippen molar-refractivity contribution >= 4 is 5.91 Å². The van der Waals surface area contributed by atoms with Crippen LogP contribution in [0.25, 0.3) is 0 Å². The maximum atomic E-state index is 12.7. The average Bonchev–Trinajstić information content (AvgIpc) is 3.11. The third-order valence-electron chi connectivity index (χ3n) is 5.40. The maximum absolute atomic E-state index is 12.7. The Hall–Kier alpha value is -0.570. The number of carbonyl (C=O) groups excluding carboxylic acids is 1. The maximum Gasteiger partial charge on any atom is 0.226 e. The highest BCUT2D eigenvalue weighted by Crippen LogP contribution is 2.56. The minimum Gasteiger partial charge on any atom is -0.342 e. The highest BCUT2D eigenvalue weighted by molar-refractivity contribution is 5.82. The van der Waals surface area contributed by atoms with Crippen LogP contribution in [0.15, 0.2) is 0 Å². The van der Waals surface area contributed by atoms with Gasteiger partial charge in [0.05, 0.1) is 0 Å². The van der Waals surface area contributed by atoms with Crippen LogP contribution in [0.4, 0.5) is 0 Å². The second-order valence-electron chi connectivity index (χ2n) is 7.19. The van der Waals surface area contributed by atoms with Crippen molar-refractivity contribution in [2.24, 2.45) is 23.7 Å². The van der Waals surface area contributed by atoms with Crippen molar-refractivity contribution in [1.82, 2.24) is 9.80 Å². The quantitative estimate of drug-likeness (QED) is 0.780. The third kappa shape index (κ3) is 2.81. The van der Waals surface area contributed by atoms with Gasteiger partial charge in [0.15, 0.2) is 0 Å². The van der Waals surface area contributed by atoms with Gasteiger partial charge < -0.3 is 9.80 Å². The van der Waals surface area contributed by atoms with Gasteiger partial charge in [0.2, 0.25) is 5.91 Å². The van der Waals surface area contributed by atoms with Gasteiger partial charge in [-0.05, 0) is 57.5 Å². The lowest BCUT2D eigenvalue weighted by Gasteiger charge is -2.34. The Balaban J connectivity index is 1.55. The smallest absolute Gasteiger partial charge is 0.226 e. The van der Waals surface area contributed by atoms with E-state index in [9.17, 15) is 4.79 Å². The van der Waals surface area contributed by atoms with E-state index in [0.717, 1.165) is 31.5 Å². The first-order valence-corrected chi connectivity index (χ1v) is 8.10. The first-order chi connectivity index (χ1) is 9.16. The number of fused-ring (bicyclic) bond motifs is 1. The Morgan fingerprint density at radius 3 is 2.42 bits per heavy atom. The molecule has 2 saturated carbocycles. The molecular formula is C16H28N2O. The molecule has 0 bridgehead atoms. The minimum absolute atomic E-state index is 0.417. The number of rotatable bonds is 3. The van der Waals surface area contributed by atoms with E-state index in [1.807, 2.05) is 0 Å². The fourth-order valence-corrected chi connectivity index (χ4v) is 4.50. The first-order valence-electron chi connectivity index (χ1n) is 8.10. The molecule has 1 saturated heterocycles. The summed E-state index contributed by atoms with van der Waals surface area (Å²) in [7, 11) is 4.27. The molecule has 1 aliphatic heterocycles. The molecule has 3 heteroatoms. The van der Waals surface area contributed by atoms with E-state index in [-0.39, 0.29) is 0 Å². The van der Waals surface area contributed by atoms with E-state index in [2.05, 4.69) is 23.9 Å². The van der Waals surface area contributed by atoms with Gasteiger partial charge in [-0.2, -0.15) is 0 Å². The van der Waals surface area contributed by atoms with Gasteiger partial charge in [0, 0.05) is 25.6 Å². The van der Waals surface area contributed by atoms with Crippen LogP contribution < -0.4 is 0 Å². The van der Waals surface area contributed by atoms with Gasteiger partial charge in [-0.15, -0.1) is 0 Å². The van der Waals surface area contributed by atoms with Crippen molar-refractivity contribution in [3.8, 4) is 0 Å². The fourth-order valence-electron chi connectivity index (χ4n) is 4.50. The van der Waals surface area contributed by atoms with Crippen LogP contribution in [0.1, 0.15) is 38.5 Å². The van der Waals surface area contributed by atoms with E-state index >= 15 is 0 Å². The molecular weight excluding hydrogens is 236 g/mol. The molecule has 1 heterocycles. The van der Waals surface area contributed by atoms with E-state index < -0.39 is 0 Å². The van der Waals surface area contributed by atoms with E-state index in [1.54, 1.807) is 0 Å². The first kappa shape index (κ1) is 13.4. The van der Waals surface area contributed by atoms with Crippen molar-refractivity contribution < 1.29 is 4.79 Å². The molecule has 1 amide bonds.